The number of aryl methyl sites for hydroxylation is 1. The lowest BCUT2D eigenvalue weighted by Gasteiger charge is -2.14. The predicted octanol–water partition coefficient (Wildman–Crippen LogP) is 3.50. The lowest BCUT2D eigenvalue weighted by atomic mass is 10.0. The Balaban J connectivity index is 2.92. The molecule has 15 heavy (non-hydrogen) atoms. The van der Waals surface area contributed by atoms with Crippen LogP contribution in [0, 0.1) is 20.8 Å². The molecule has 0 unspecified atom stereocenters. The Kier molecular flexibility index (Phi) is 4.01. The zero-order valence-electron chi connectivity index (χ0n) is 10.1. The number of phenols is 1. The standard InChI is InChI=1S/C13H20O2/c1-5-6-7-15-13-9(2)8-12(14)10(3)11(13)4/h8,14H,5-7H2,1-4H3. The van der Waals surface area contributed by atoms with Gasteiger partial charge < -0.3 is 9.84 Å². The van der Waals surface area contributed by atoms with Crippen molar-refractivity contribution >= 4 is 0 Å². The van der Waals surface area contributed by atoms with E-state index in [1.165, 1.54) is 0 Å². The topological polar surface area (TPSA) is 29.5 Å². The Bertz CT molecular complexity index is 343. The Morgan fingerprint density at radius 3 is 2.47 bits per heavy atom. The highest BCUT2D eigenvalue weighted by Gasteiger charge is 2.10. The van der Waals surface area contributed by atoms with E-state index in [2.05, 4.69) is 6.92 Å². The largest absolute Gasteiger partial charge is 0.508 e. The molecule has 0 spiro atoms. The molecule has 0 aliphatic heterocycles. The minimum Gasteiger partial charge on any atom is -0.508 e. The molecular formula is C13H20O2. The normalized spacial score (nSPS) is 10.4. The molecule has 1 aromatic carbocycles. The minimum atomic E-state index is 0.354. The highest BCUT2D eigenvalue weighted by atomic mass is 16.5. The Morgan fingerprint density at radius 1 is 1.20 bits per heavy atom. The van der Waals surface area contributed by atoms with E-state index in [9.17, 15) is 5.11 Å². The molecule has 0 atom stereocenters. The van der Waals surface area contributed by atoms with Gasteiger partial charge in [0.15, 0.2) is 0 Å². The van der Waals surface area contributed by atoms with Gasteiger partial charge in [-0.15, -0.1) is 0 Å². The average Bonchev–Trinajstić information content (AvgIpc) is 2.20. The second kappa shape index (κ2) is 5.06. The molecule has 1 aromatic rings. The summed E-state index contributed by atoms with van der Waals surface area (Å²) in [5, 5.41) is 9.62. The first kappa shape index (κ1) is 11.9. The van der Waals surface area contributed by atoms with Crippen molar-refractivity contribution in [1.29, 1.82) is 0 Å². The molecule has 0 aromatic heterocycles. The van der Waals surface area contributed by atoms with Crippen LogP contribution in [0.2, 0.25) is 0 Å². The minimum absolute atomic E-state index is 0.354. The Labute approximate surface area is 91.9 Å². The fourth-order valence-electron chi connectivity index (χ4n) is 1.58. The maximum atomic E-state index is 9.62. The van der Waals surface area contributed by atoms with Crippen LogP contribution in [0.15, 0.2) is 6.07 Å². The van der Waals surface area contributed by atoms with Gasteiger partial charge in [0.05, 0.1) is 6.61 Å². The molecule has 0 saturated carbocycles. The van der Waals surface area contributed by atoms with Crippen LogP contribution in [0.3, 0.4) is 0 Å². The highest BCUT2D eigenvalue weighted by molar-refractivity contribution is 5.51. The van der Waals surface area contributed by atoms with Crippen LogP contribution in [-0.2, 0) is 0 Å². The van der Waals surface area contributed by atoms with Gasteiger partial charge in [-0.1, -0.05) is 13.3 Å². The van der Waals surface area contributed by atoms with E-state index in [-0.39, 0.29) is 0 Å². The average molecular weight is 208 g/mol. The molecule has 0 radical (unpaired) electrons. The monoisotopic (exact) mass is 208 g/mol. The zero-order valence-corrected chi connectivity index (χ0v) is 10.1. The first-order valence-corrected chi connectivity index (χ1v) is 5.50. The zero-order chi connectivity index (χ0) is 11.4. The van der Waals surface area contributed by atoms with E-state index in [4.69, 9.17) is 4.74 Å². The molecule has 2 nitrogen and oxygen atoms in total. The van der Waals surface area contributed by atoms with Gasteiger partial charge >= 0.3 is 0 Å². The highest BCUT2D eigenvalue weighted by Crippen LogP contribution is 2.32. The number of hydrogen-bond acceptors (Lipinski definition) is 2. The van der Waals surface area contributed by atoms with Crippen LogP contribution >= 0.6 is 0 Å². The van der Waals surface area contributed by atoms with Crippen molar-refractivity contribution < 1.29 is 9.84 Å². The molecule has 84 valence electrons. The van der Waals surface area contributed by atoms with E-state index in [1.807, 2.05) is 20.8 Å². The van der Waals surface area contributed by atoms with Crippen LogP contribution < -0.4 is 4.74 Å². The van der Waals surface area contributed by atoms with Crippen molar-refractivity contribution in [1.82, 2.24) is 0 Å². The summed E-state index contributed by atoms with van der Waals surface area (Å²) in [6.07, 6.45) is 2.20. The third-order valence-electron chi connectivity index (χ3n) is 2.74. The smallest absolute Gasteiger partial charge is 0.125 e. The second-order valence-corrected chi connectivity index (χ2v) is 3.99. The maximum Gasteiger partial charge on any atom is 0.125 e. The molecule has 2 heteroatoms. The third-order valence-corrected chi connectivity index (χ3v) is 2.74. The number of rotatable bonds is 4. The summed E-state index contributed by atoms with van der Waals surface area (Å²) in [6.45, 7) is 8.76. The van der Waals surface area contributed by atoms with Crippen LogP contribution in [0.1, 0.15) is 36.5 Å². The van der Waals surface area contributed by atoms with E-state index >= 15 is 0 Å². The first-order chi connectivity index (χ1) is 7.07. The van der Waals surface area contributed by atoms with Crippen molar-refractivity contribution in [2.45, 2.75) is 40.5 Å². The molecule has 0 amide bonds. The van der Waals surface area contributed by atoms with Gasteiger partial charge in [0.25, 0.3) is 0 Å². The quantitative estimate of drug-likeness (QED) is 0.767. The molecule has 0 heterocycles. The number of ether oxygens (including phenoxy) is 1. The van der Waals surface area contributed by atoms with Crippen molar-refractivity contribution in [2.75, 3.05) is 6.61 Å². The van der Waals surface area contributed by atoms with Crippen molar-refractivity contribution in [3.05, 3.63) is 22.8 Å². The van der Waals surface area contributed by atoms with Gasteiger partial charge in [0.1, 0.15) is 11.5 Å². The molecule has 0 fully saturated rings. The lowest BCUT2D eigenvalue weighted by molar-refractivity contribution is 0.304. The van der Waals surface area contributed by atoms with Gasteiger partial charge in [-0.3, -0.25) is 0 Å². The summed E-state index contributed by atoms with van der Waals surface area (Å²) in [7, 11) is 0. The number of unbranched alkanes of at least 4 members (excludes halogenated alkanes) is 1. The fraction of sp³-hybridized carbons (Fsp3) is 0.538. The fourth-order valence-corrected chi connectivity index (χ4v) is 1.58. The summed E-state index contributed by atoms with van der Waals surface area (Å²) >= 11 is 0. The molecule has 0 aliphatic carbocycles. The maximum absolute atomic E-state index is 9.62. The summed E-state index contributed by atoms with van der Waals surface area (Å²) in [5.41, 5.74) is 2.96. The van der Waals surface area contributed by atoms with Crippen LogP contribution in [0.4, 0.5) is 0 Å². The van der Waals surface area contributed by atoms with Gasteiger partial charge in [0.2, 0.25) is 0 Å². The van der Waals surface area contributed by atoms with Gasteiger partial charge in [-0.25, -0.2) is 0 Å². The van der Waals surface area contributed by atoms with Gasteiger partial charge in [0, 0.05) is 0 Å². The summed E-state index contributed by atoms with van der Waals surface area (Å²) < 4.78 is 5.73. The summed E-state index contributed by atoms with van der Waals surface area (Å²) in [4.78, 5) is 0. The summed E-state index contributed by atoms with van der Waals surface area (Å²) in [6, 6.07) is 1.77. The number of phenolic OH excluding ortho intramolecular Hbond substituents is 1. The van der Waals surface area contributed by atoms with E-state index in [1.54, 1.807) is 6.07 Å². The molecule has 0 aliphatic rings. The van der Waals surface area contributed by atoms with Gasteiger partial charge in [-0.2, -0.15) is 0 Å². The van der Waals surface area contributed by atoms with Crippen molar-refractivity contribution in [3.63, 3.8) is 0 Å². The lowest BCUT2D eigenvalue weighted by Crippen LogP contribution is -2.01. The number of benzene rings is 1. The Morgan fingerprint density at radius 2 is 1.87 bits per heavy atom. The summed E-state index contributed by atoms with van der Waals surface area (Å²) in [5.74, 6) is 1.28. The molecule has 0 saturated heterocycles. The van der Waals surface area contributed by atoms with Crippen LogP contribution in [0.5, 0.6) is 11.5 Å². The molecule has 1 N–H and O–H groups in total. The predicted molar refractivity (Wildman–Crippen MR) is 62.7 cm³/mol. The number of aromatic hydroxyl groups is 1. The molecular weight excluding hydrogens is 188 g/mol. The third kappa shape index (κ3) is 2.65. The first-order valence-electron chi connectivity index (χ1n) is 5.50. The number of hydrogen-bond donors (Lipinski definition) is 1. The van der Waals surface area contributed by atoms with Crippen molar-refractivity contribution in [3.8, 4) is 11.5 Å². The van der Waals surface area contributed by atoms with E-state index in [0.717, 1.165) is 41.9 Å². The SMILES string of the molecule is CCCCOc1c(C)cc(O)c(C)c1C. The van der Waals surface area contributed by atoms with Gasteiger partial charge in [-0.05, 0) is 49.9 Å². The van der Waals surface area contributed by atoms with Crippen molar-refractivity contribution in [2.24, 2.45) is 0 Å². The van der Waals surface area contributed by atoms with Crippen LogP contribution in [-0.4, -0.2) is 11.7 Å². The molecule has 0 bridgehead atoms. The molecule has 1 rings (SSSR count). The van der Waals surface area contributed by atoms with E-state index < -0.39 is 0 Å². The van der Waals surface area contributed by atoms with Crippen LogP contribution in [0.25, 0.3) is 0 Å². The second-order valence-electron chi connectivity index (χ2n) is 3.99. The Hall–Kier alpha value is -1.18. The van der Waals surface area contributed by atoms with E-state index in [0.29, 0.717) is 5.75 Å².